The minimum absolute atomic E-state index is 0.0299. The van der Waals surface area contributed by atoms with E-state index in [0.717, 1.165) is 25.9 Å². The van der Waals surface area contributed by atoms with Crippen molar-refractivity contribution in [2.45, 2.75) is 97.0 Å². The van der Waals surface area contributed by atoms with Crippen LogP contribution in [0.4, 0.5) is 5.69 Å². The summed E-state index contributed by atoms with van der Waals surface area (Å²) in [6.07, 6.45) is 13.4. The van der Waals surface area contributed by atoms with Crippen LogP contribution in [0.15, 0.2) is 51.7 Å². The molecule has 1 atom stereocenters. The SMILES string of the molecule is CCCCCCCCCCCCCC(=O)Nc1ccc(-c2cc(=O)oc3cc(O[C@@H](C)C(=O)N4CCNCC4)ccc23)c(Cl)c1. The number of ether oxygens (including phenoxy) is 1. The van der Waals surface area contributed by atoms with Crippen LogP contribution in [-0.2, 0) is 9.59 Å². The summed E-state index contributed by atoms with van der Waals surface area (Å²) in [5.41, 5.74) is 1.68. The van der Waals surface area contributed by atoms with E-state index in [1.165, 1.54) is 63.9 Å². The summed E-state index contributed by atoms with van der Waals surface area (Å²) < 4.78 is 11.4. The van der Waals surface area contributed by atoms with Crippen molar-refractivity contribution in [2.75, 3.05) is 31.5 Å². The number of unbranched alkanes of at least 4 members (excludes halogenated alkanes) is 10. The maximum atomic E-state index is 12.8. The van der Waals surface area contributed by atoms with Gasteiger partial charge in [0, 0.05) is 66.9 Å². The van der Waals surface area contributed by atoms with E-state index in [4.69, 9.17) is 20.8 Å². The molecule has 244 valence electrons. The van der Waals surface area contributed by atoms with Crippen molar-refractivity contribution < 1.29 is 18.7 Å². The van der Waals surface area contributed by atoms with Crippen molar-refractivity contribution in [3.63, 3.8) is 0 Å². The van der Waals surface area contributed by atoms with Gasteiger partial charge in [0.15, 0.2) is 6.10 Å². The fourth-order valence-electron chi connectivity index (χ4n) is 5.82. The number of piperazine rings is 1. The molecule has 3 aromatic rings. The first kappa shape index (κ1) is 34.5. The number of fused-ring (bicyclic) bond motifs is 1. The minimum Gasteiger partial charge on any atom is -0.481 e. The average Bonchev–Trinajstić information content (AvgIpc) is 3.03. The van der Waals surface area contributed by atoms with Crippen LogP contribution in [0.3, 0.4) is 0 Å². The highest BCUT2D eigenvalue weighted by Crippen LogP contribution is 2.35. The van der Waals surface area contributed by atoms with E-state index >= 15 is 0 Å². The number of rotatable bonds is 17. The van der Waals surface area contributed by atoms with Gasteiger partial charge in [0.2, 0.25) is 5.91 Å². The van der Waals surface area contributed by atoms with Crippen molar-refractivity contribution >= 4 is 40.1 Å². The topological polar surface area (TPSA) is 101 Å². The van der Waals surface area contributed by atoms with Crippen LogP contribution in [0.5, 0.6) is 5.75 Å². The zero-order chi connectivity index (χ0) is 32.0. The Morgan fingerprint density at radius 3 is 2.24 bits per heavy atom. The minimum atomic E-state index is -0.678. The van der Waals surface area contributed by atoms with Crippen LogP contribution >= 0.6 is 11.6 Å². The molecule has 1 aromatic heterocycles. The van der Waals surface area contributed by atoms with Crippen LogP contribution in [0.1, 0.15) is 90.9 Å². The first-order valence-electron chi connectivity index (χ1n) is 16.7. The number of nitrogens with zero attached hydrogens (tertiary/aromatic N) is 1. The largest absolute Gasteiger partial charge is 0.481 e. The van der Waals surface area contributed by atoms with E-state index in [9.17, 15) is 14.4 Å². The second-order valence-electron chi connectivity index (χ2n) is 12.0. The molecule has 1 fully saturated rings. The molecular formula is C36H48ClN3O5. The van der Waals surface area contributed by atoms with Gasteiger partial charge < -0.3 is 24.7 Å². The lowest BCUT2D eigenvalue weighted by Gasteiger charge is -2.29. The normalized spacial score (nSPS) is 14.0. The molecular weight excluding hydrogens is 590 g/mol. The molecule has 1 aliphatic heterocycles. The predicted molar refractivity (Wildman–Crippen MR) is 182 cm³/mol. The number of amides is 2. The van der Waals surface area contributed by atoms with Crippen LogP contribution in [0.2, 0.25) is 5.02 Å². The third kappa shape index (κ3) is 10.6. The number of benzene rings is 2. The quantitative estimate of drug-likeness (QED) is 0.115. The molecule has 2 N–H and O–H groups in total. The Bertz CT molecular complexity index is 1470. The summed E-state index contributed by atoms with van der Waals surface area (Å²) in [7, 11) is 0. The Labute approximate surface area is 271 Å². The van der Waals surface area contributed by atoms with E-state index in [2.05, 4.69) is 17.6 Å². The van der Waals surface area contributed by atoms with Gasteiger partial charge in [0.05, 0.1) is 5.02 Å². The van der Waals surface area contributed by atoms with Gasteiger partial charge in [-0.15, -0.1) is 0 Å². The molecule has 0 aliphatic carbocycles. The lowest BCUT2D eigenvalue weighted by atomic mass is 10.0. The summed E-state index contributed by atoms with van der Waals surface area (Å²) in [6, 6.07) is 11.9. The highest BCUT2D eigenvalue weighted by atomic mass is 35.5. The predicted octanol–water partition coefficient (Wildman–Crippen LogP) is 7.95. The third-order valence-corrected chi connectivity index (χ3v) is 8.67. The van der Waals surface area contributed by atoms with Gasteiger partial charge in [-0.05, 0) is 37.6 Å². The molecule has 0 spiro atoms. The van der Waals surface area contributed by atoms with Gasteiger partial charge >= 0.3 is 5.63 Å². The Hall–Kier alpha value is -3.36. The fraction of sp³-hybridized carbons (Fsp3) is 0.528. The highest BCUT2D eigenvalue weighted by molar-refractivity contribution is 6.34. The van der Waals surface area contributed by atoms with Crippen molar-refractivity contribution in [1.29, 1.82) is 0 Å². The van der Waals surface area contributed by atoms with Crippen molar-refractivity contribution in [2.24, 2.45) is 0 Å². The van der Waals surface area contributed by atoms with Gasteiger partial charge in [-0.25, -0.2) is 4.79 Å². The monoisotopic (exact) mass is 637 g/mol. The second-order valence-corrected chi connectivity index (χ2v) is 12.4. The second kappa shape index (κ2) is 18.0. The van der Waals surface area contributed by atoms with Crippen LogP contribution in [0.25, 0.3) is 22.1 Å². The van der Waals surface area contributed by atoms with E-state index < -0.39 is 11.7 Å². The number of halogens is 1. The summed E-state index contributed by atoms with van der Waals surface area (Å²) >= 11 is 6.68. The molecule has 4 rings (SSSR count). The molecule has 0 bridgehead atoms. The highest BCUT2D eigenvalue weighted by Gasteiger charge is 2.24. The summed E-state index contributed by atoms with van der Waals surface area (Å²) in [5, 5.41) is 7.27. The van der Waals surface area contributed by atoms with Crippen LogP contribution in [-0.4, -0.2) is 49.0 Å². The van der Waals surface area contributed by atoms with Crippen molar-refractivity contribution in [3.05, 3.63) is 57.9 Å². The lowest BCUT2D eigenvalue weighted by Crippen LogP contribution is -2.50. The average molecular weight is 638 g/mol. The maximum Gasteiger partial charge on any atom is 0.336 e. The van der Waals surface area contributed by atoms with Crippen LogP contribution < -0.4 is 21.0 Å². The van der Waals surface area contributed by atoms with E-state index in [-0.39, 0.29) is 11.8 Å². The molecule has 2 aromatic carbocycles. The Balaban J connectivity index is 1.30. The van der Waals surface area contributed by atoms with Crippen molar-refractivity contribution in [1.82, 2.24) is 10.2 Å². The first-order valence-corrected chi connectivity index (χ1v) is 17.1. The molecule has 0 saturated carbocycles. The van der Waals surface area contributed by atoms with Crippen LogP contribution in [0, 0.1) is 0 Å². The standard InChI is InChI=1S/C36H48ClN3O5/c1-3-4-5-6-7-8-9-10-11-12-13-14-34(41)39-27-15-17-29(32(37)23-27)31-25-35(42)45-33-24-28(16-18-30(31)33)44-26(2)36(43)40-21-19-38-20-22-40/h15-18,23-26,38H,3-14,19-22H2,1-2H3,(H,39,41)/t26-/m0/s1. The molecule has 2 amide bonds. The fourth-order valence-corrected chi connectivity index (χ4v) is 6.10. The lowest BCUT2D eigenvalue weighted by molar-refractivity contribution is -0.138. The number of carbonyl (C=O) groups excluding carboxylic acids is 2. The number of carbonyl (C=O) groups is 2. The Morgan fingerprint density at radius 2 is 1.58 bits per heavy atom. The third-order valence-electron chi connectivity index (χ3n) is 8.36. The molecule has 0 unspecified atom stereocenters. The number of hydrogen-bond acceptors (Lipinski definition) is 6. The molecule has 0 radical (unpaired) electrons. The zero-order valence-corrected chi connectivity index (χ0v) is 27.6. The molecule has 45 heavy (non-hydrogen) atoms. The van der Waals surface area contributed by atoms with E-state index in [1.807, 2.05) is 0 Å². The summed E-state index contributed by atoms with van der Waals surface area (Å²) in [6.45, 7) is 6.78. The number of anilines is 1. The van der Waals surface area contributed by atoms with Gasteiger partial charge in [0.25, 0.3) is 5.91 Å². The molecule has 8 nitrogen and oxygen atoms in total. The molecule has 1 saturated heterocycles. The number of nitrogens with one attached hydrogen (secondary N) is 2. The summed E-state index contributed by atoms with van der Waals surface area (Å²) in [5.74, 6) is 0.322. The zero-order valence-electron chi connectivity index (χ0n) is 26.8. The molecule has 1 aliphatic rings. The first-order chi connectivity index (χ1) is 21.9. The van der Waals surface area contributed by atoms with Gasteiger partial charge in [-0.3, -0.25) is 9.59 Å². The summed E-state index contributed by atoms with van der Waals surface area (Å²) in [4.78, 5) is 39.7. The Kier molecular flexibility index (Phi) is 13.8. The van der Waals surface area contributed by atoms with Crippen molar-refractivity contribution in [3.8, 4) is 16.9 Å². The van der Waals surface area contributed by atoms with Gasteiger partial charge in [0.1, 0.15) is 11.3 Å². The maximum absolute atomic E-state index is 12.8. The van der Waals surface area contributed by atoms with Gasteiger partial charge in [-0.1, -0.05) is 88.8 Å². The van der Waals surface area contributed by atoms with E-state index in [1.54, 1.807) is 48.2 Å². The molecule has 9 heteroatoms. The number of hydrogen-bond donors (Lipinski definition) is 2. The van der Waals surface area contributed by atoms with E-state index in [0.29, 0.717) is 58.1 Å². The molecule has 2 heterocycles. The smallest absolute Gasteiger partial charge is 0.336 e. The van der Waals surface area contributed by atoms with Gasteiger partial charge in [-0.2, -0.15) is 0 Å². The Morgan fingerprint density at radius 1 is 0.911 bits per heavy atom.